The van der Waals surface area contributed by atoms with Gasteiger partial charge in [-0.1, -0.05) is 19.0 Å². The Hall–Kier alpha value is -1.23. The second kappa shape index (κ2) is 4.71. The van der Waals surface area contributed by atoms with Gasteiger partial charge in [0.1, 0.15) is 0 Å². The Morgan fingerprint density at radius 2 is 2.15 bits per heavy atom. The number of hydrogen-bond donors (Lipinski definition) is 0. The maximum atomic E-state index is 10.2. The molecule has 0 aliphatic rings. The molecule has 0 aliphatic carbocycles. The summed E-state index contributed by atoms with van der Waals surface area (Å²) < 4.78 is 4.86. The van der Waals surface area contributed by atoms with Crippen molar-refractivity contribution < 1.29 is 9.32 Å². The molecule has 0 atom stereocenters. The van der Waals surface area contributed by atoms with Crippen LogP contribution in [-0.4, -0.2) is 34.4 Å². The average molecular weight is 183 g/mol. The molecule has 72 valence electrons. The van der Waals surface area contributed by atoms with Crippen LogP contribution in [0.2, 0.25) is 0 Å². The fourth-order valence-corrected chi connectivity index (χ4v) is 1.02. The normalized spacial score (nSPS) is 10.7. The highest BCUT2D eigenvalue weighted by molar-refractivity contribution is 5.68. The average Bonchev–Trinajstić information content (AvgIpc) is 2.61. The van der Waals surface area contributed by atoms with Crippen LogP contribution in [0.5, 0.6) is 0 Å². The third-order valence-corrected chi connectivity index (χ3v) is 1.84. The van der Waals surface area contributed by atoms with Crippen LogP contribution >= 0.6 is 0 Å². The van der Waals surface area contributed by atoms with Gasteiger partial charge in [0.05, 0.1) is 6.54 Å². The molecule has 1 aromatic rings. The number of rotatable bonds is 5. The third kappa shape index (κ3) is 2.62. The molecule has 0 fully saturated rings. The van der Waals surface area contributed by atoms with E-state index in [2.05, 4.69) is 28.9 Å². The highest BCUT2D eigenvalue weighted by Crippen LogP contribution is 2.00. The predicted molar refractivity (Wildman–Crippen MR) is 46.3 cm³/mol. The summed E-state index contributed by atoms with van der Waals surface area (Å²) in [7, 11) is 0. The van der Waals surface area contributed by atoms with Crippen LogP contribution in [0.25, 0.3) is 0 Å². The predicted octanol–water partition coefficient (Wildman–Crippen LogP) is 0.724. The van der Waals surface area contributed by atoms with Gasteiger partial charge in [0.15, 0.2) is 6.29 Å². The first-order valence-corrected chi connectivity index (χ1v) is 4.30. The van der Waals surface area contributed by atoms with Crippen molar-refractivity contribution in [1.82, 2.24) is 15.0 Å². The lowest BCUT2D eigenvalue weighted by atomic mass is 10.5. The number of carbonyl (C=O) groups excluding carboxylic acids is 1. The fraction of sp³-hybridized carbons (Fsp3) is 0.625. The Bertz CT molecular complexity index is 268. The van der Waals surface area contributed by atoms with E-state index in [1.165, 1.54) is 0 Å². The van der Waals surface area contributed by atoms with Crippen molar-refractivity contribution in [2.24, 2.45) is 0 Å². The van der Waals surface area contributed by atoms with E-state index in [0.717, 1.165) is 13.1 Å². The molecule has 5 heteroatoms. The van der Waals surface area contributed by atoms with Crippen molar-refractivity contribution in [2.75, 3.05) is 13.1 Å². The van der Waals surface area contributed by atoms with Crippen molar-refractivity contribution >= 4 is 6.29 Å². The summed E-state index contributed by atoms with van der Waals surface area (Å²) >= 11 is 0. The summed E-state index contributed by atoms with van der Waals surface area (Å²) in [6, 6.07) is 0. The summed E-state index contributed by atoms with van der Waals surface area (Å²) in [5, 5.41) is 3.48. The molecule has 0 radical (unpaired) electrons. The van der Waals surface area contributed by atoms with E-state index >= 15 is 0 Å². The molecular weight excluding hydrogens is 170 g/mol. The van der Waals surface area contributed by atoms with Crippen molar-refractivity contribution in [2.45, 2.75) is 20.4 Å². The summed E-state index contributed by atoms with van der Waals surface area (Å²) in [6.07, 6.45) is 0.579. The Morgan fingerprint density at radius 3 is 2.62 bits per heavy atom. The van der Waals surface area contributed by atoms with E-state index < -0.39 is 0 Å². The molecule has 1 heterocycles. The first kappa shape index (κ1) is 9.85. The zero-order chi connectivity index (χ0) is 9.68. The van der Waals surface area contributed by atoms with Crippen LogP contribution in [0.15, 0.2) is 4.52 Å². The molecule has 1 aromatic heterocycles. The molecule has 1 rings (SSSR count). The minimum Gasteiger partial charge on any atom is -0.337 e. The molecule has 0 saturated carbocycles. The summed E-state index contributed by atoms with van der Waals surface area (Å²) in [4.78, 5) is 16.3. The summed E-state index contributed by atoms with van der Waals surface area (Å²) in [5.74, 6) is 0.605. The second-order valence-electron chi connectivity index (χ2n) is 2.63. The SMILES string of the molecule is CCN(CC)Cc1nc(C=O)no1. The lowest BCUT2D eigenvalue weighted by Crippen LogP contribution is -2.22. The molecule has 0 aromatic carbocycles. The number of hydrogen-bond acceptors (Lipinski definition) is 5. The first-order chi connectivity index (χ1) is 6.30. The van der Waals surface area contributed by atoms with Gasteiger partial charge in [0.25, 0.3) is 0 Å². The van der Waals surface area contributed by atoms with Crippen LogP contribution < -0.4 is 0 Å². The fourth-order valence-electron chi connectivity index (χ4n) is 1.02. The monoisotopic (exact) mass is 183 g/mol. The van der Waals surface area contributed by atoms with Gasteiger partial charge in [-0.3, -0.25) is 9.69 Å². The molecule has 0 amide bonds. The Balaban J connectivity index is 2.57. The quantitative estimate of drug-likeness (QED) is 0.629. The minimum atomic E-state index is 0.113. The van der Waals surface area contributed by atoms with E-state index in [9.17, 15) is 4.79 Å². The largest absolute Gasteiger partial charge is 0.337 e. The Morgan fingerprint density at radius 1 is 1.46 bits per heavy atom. The Labute approximate surface area is 76.7 Å². The summed E-state index contributed by atoms with van der Waals surface area (Å²) in [6.45, 7) is 6.57. The topological polar surface area (TPSA) is 59.2 Å². The van der Waals surface area contributed by atoms with Gasteiger partial charge in [-0.05, 0) is 13.1 Å². The zero-order valence-corrected chi connectivity index (χ0v) is 7.86. The molecule has 0 unspecified atom stereocenters. The van der Waals surface area contributed by atoms with Crippen molar-refractivity contribution in [3.8, 4) is 0 Å². The van der Waals surface area contributed by atoms with Crippen LogP contribution in [0.1, 0.15) is 30.4 Å². The molecule has 0 N–H and O–H groups in total. The molecule has 0 saturated heterocycles. The summed E-state index contributed by atoms with van der Waals surface area (Å²) in [5.41, 5.74) is 0. The smallest absolute Gasteiger partial charge is 0.241 e. The number of aromatic nitrogens is 2. The van der Waals surface area contributed by atoms with Gasteiger partial charge in [0.2, 0.25) is 11.7 Å². The first-order valence-electron chi connectivity index (χ1n) is 4.30. The van der Waals surface area contributed by atoms with Gasteiger partial charge < -0.3 is 4.52 Å². The second-order valence-corrected chi connectivity index (χ2v) is 2.63. The van der Waals surface area contributed by atoms with Crippen LogP contribution in [0.4, 0.5) is 0 Å². The molecule has 0 aliphatic heterocycles. The van der Waals surface area contributed by atoms with Crippen LogP contribution in [0.3, 0.4) is 0 Å². The van der Waals surface area contributed by atoms with Gasteiger partial charge in [-0.2, -0.15) is 4.98 Å². The van der Waals surface area contributed by atoms with E-state index in [0.29, 0.717) is 18.7 Å². The number of nitrogens with zero attached hydrogens (tertiary/aromatic N) is 3. The van der Waals surface area contributed by atoms with E-state index in [4.69, 9.17) is 4.52 Å². The third-order valence-electron chi connectivity index (χ3n) is 1.84. The number of carbonyl (C=O) groups is 1. The molecule has 0 bridgehead atoms. The standard InChI is InChI=1S/C8H13N3O2/c1-3-11(4-2)5-8-9-7(6-12)10-13-8/h6H,3-5H2,1-2H3. The van der Waals surface area contributed by atoms with Crippen molar-refractivity contribution in [3.05, 3.63) is 11.7 Å². The van der Waals surface area contributed by atoms with Gasteiger partial charge in [0, 0.05) is 0 Å². The van der Waals surface area contributed by atoms with E-state index in [1.54, 1.807) is 0 Å². The molecular formula is C8H13N3O2. The van der Waals surface area contributed by atoms with Gasteiger partial charge >= 0.3 is 0 Å². The van der Waals surface area contributed by atoms with E-state index in [1.807, 2.05) is 0 Å². The Kier molecular flexibility index (Phi) is 3.57. The number of aldehydes is 1. The highest BCUT2D eigenvalue weighted by Gasteiger charge is 2.08. The van der Waals surface area contributed by atoms with Gasteiger partial charge in [-0.25, -0.2) is 0 Å². The van der Waals surface area contributed by atoms with Crippen molar-refractivity contribution in [1.29, 1.82) is 0 Å². The maximum absolute atomic E-state index is 10.2. The zero-order valence-electron chi connectivity index (χ0n) is 7.86. The lowest BCUT2D eigenvalue weighted by molar-refractivity contribution is 0.111. The maximum Gasteiger partial charge on any atom is 0.241 e. The van der Waals surface area contributed by atoms with Gasteiger partial charge in [-0.15, -0.1) is 0 Å². The lowest BCUT2D eigenvalue weighted by Gasteiger charge is -2.14. The molecule has 5 nitrogen and oxygen atoms in total. The van der Waals surface area contributed by atoms with E-state index in [-0.39, 0.29) is 5.82 Å². The minimum absolute atomic E-state index is 0.113. The highest BCUT2D eigenvalue weighted by atomic mass is 16.5. The van der Waals surface area contributed by atoms with Crippen LogP contribution in [-0.2, 0) is 6.54 Å². The molecule has 0 spiro atoms. The van der Waals surface area contributed by atoms with Crippen molar-refractivity contribution in [3.63, 3.8) is 0 Å². The van der Waals surface area contributed by atoms with Crippen LogP contribution in [0, 0.1) is 0 Å². The molecule has 13 heavy (non-hydrogen) atoms.